The van der Waals surface area contributed by atoms with Crippen molar-refractivity contribution in [2.45, 2.75) is 34.1 Å². The maximum atomic E-state index is 2.99. The average Bonchev–Trinajstić information content (AvgIpc) is 3.56. The second kappa shape index (κ2) is 15.2. The molecule has 0 saturated carbocycles. The monoisotopic (exact) mass is 614 g/mol. The fraction of sp³-hybridized carbons (Fsp3) is 0.143. The Hall–Kier alpha value is -2.44. The summed E-state index contributed by atoms with van der Waals surface area (Å²) in [6.07, 6.45) is 10.0. The minimum atomic E-state index is 0. The summed E-state index contributed by atoms with van der Waals surface area (Å²) < 4.78 is 1.46. The van der Waals surface area contributed by atoms with Crippen molar-refractivity contribution in [2.24, 2.45) is 0 Å². The second-order valence-corrected chi connectivity index (χ2v) is 10.6. The Morgan fingerprint density at radius 1 is 0.684 bits per heavy atom. The molecule has 0 N–H and O–H groups in total. The van der Waals surface area contributed by atoms with Crippen LogP contribution in [0.25, 0.3) is 21.5 Å². The summed E-state index contributed by atoms with van der Waals surface area (Å²) in [4.78, 5) is 0. The predicted octanol–water partition coefficient (Wildman–Crippen LogP) is 9.90. The molecule has 1 aliphatic rings. The van der Waals surface area contributed by atoms with Crippen molar-refractivity contribution in [3.05, 3.63) is 149 Å². The van der Waals surface area contributed by atoms with Crippen molar-refractivity contribution in [1.82, 2.24) is 0 Å². The van der Waals surface area contributed by atoms with Gasteiger partial charge in [0, 0.05) is 0 Å². The first-order valence-electron chi connectivity index (χ1n) is 12.4. The van der Waals surface area contributed by atoms with E-state index in [0.717, 1.165) is 6.42 Å². The molecule has 1 aliphatic carbocycles. The minimum Gasteiger partial charge on any atom is -0.273 e. The summed E-state index contributed by atoms with van der Waals surface area (Å²) in [6.45, 7) is 8.71. The molecule has 0 bridgehead atoms. The SMILES string of the molecule is Cc1ccc([C](=[Zr+2])c2ccc(C)cc2C)c(C)c1.Cl.Cl.[C-]1=CC=CC1.c1ccc2c(c1)[cH-]c1ccccc12. The number of rotatable bonds is 2. The number of fused-ring (bicyclic) bond motifs is 3. The number of benzene rings is 4. The zero-order chi connectivity index (χ0) is 25.5. The number of allylic oxidation sites excluding steroid dienone is 4. The van der Waals surface area contributed by atoms with Crippen LogP contribution in [0, 0.1) is 33.8 Å². The van der Waals surface area contributed by atoms with Crippen LogP contribution in [-0.2, 0) is 24.2 Å². The van der Waals surface area contributed by atoms with Crippen LogP contribution in [0.4, 0.5) is 0 Å². The second-order valence-electron chi connectivity index (χ2n) is 9.33. The fourth-order valence-corrected chi connectivity index (χ4v) is 5.96. The maximum Gasteiger partial charge on any atom is -0.0771 e. The smallest absolute Gasteiger partial charge is 0.0771 e. The van der Waals surface area contributed by atoms with Gasteiger partial charge >= 0.3 is 125 Å². The third kappa shape index (κ3) is 8.03. The van der Waals surface area contributed by atoms with E-state index in [1.807, 2.05) is 12.2 Å². The maximum absolute atomic E-state index is 2.99. The summed E-state index contributed by atoms with van der Waals surface area (Å²) >= 11 is 1.48. The summed E-state index contributed by atoms with van der Waals surface area (Å²) in [6, 6.07) is 32.7. The molecular formula is C35H34Cl2Zr. The molecule has 0 heterocycles. The van der Waals surface area contributed by atoms with E-state index in [2.05, 4.69) is 131 Å². The van der Waals surface area contributed by atoms with Gasteiger partial charge in [0.25, 0.3) is 0 Å². The van der Waals surface area contributed by atoms with Crippen molar-refractivity contribution in [1.29, 1.82) is 0 Å². The van der Waals surface area contributed by atoms with Gasteiger partial charge in [0.15, 0.2) is 0 Å². The molecular weight excluding hydrogens is 583 g/mol. The standard InChI is InChI=1S/C17H18.C13H9.C5H5.2ClH.Zr/c1-12-5-7-16(14(3)9-12)11-17-8-6-13(2)10-15(17)4;1-3-7-12-10(5-1)9-11-6-2-4-8-13(11)12;1-2-4-5-3-1;;;/h5-10H,1-4H3;1-9H;1-3H,4H2;2*1H;/q;2*-1;;;+2. The first kappa shape index (κ1) is 31.8. The van der Waals surface area contributed by atoms with Crippen molar-refractivity contribution >= 4 is 49.6 Å². The Bertz CT molecular complexity index is 1460. The summed E-state index contributed by atoms with van der Waals surface area (Å²) in [5, 5.41) is 5.39. The van der Waals surface area contributed by atoms with E-state index in [-0.39, 0.29) is 24.8 Å². The van der Waals surface area contributed by atoms with E-state index in [1.54, 1.807) is 0 Å². The van der Waals surface area contributed by atoms with Crippen molar-refractivity contribution in [3.63, 3.8) is 0 Å². The first-order valence-corrected chi connectivity index (χ1v) is 13.7. The quantitative estimate of drug-likeness (QED) is 0.173. The van der Waals surface area contributed by atoms with E-state index >= 15 is 0 Å². The van der Waals surface area contributed by atoms with Gasteiger partial charge in [-0.3, -0.25) is 6.08 Å². The van der Waals surface area contributed by atoms with E-state index in [0.29, 0.717) is 0 Å². The van der Waals surface area contributed by atoms with Gasteiger partial charge < -0.3 is 0 Å². The third-order valence-corrected chi connectivity index (χ3v) is 7.74. The number of hydrogen-bond donors (Lipinski definition) is 0. The molecule has 0 saturated heterocycles. The van der Waals surface area contributed by atoms with Crippen LogP contribution >= 0.6 is 24.8 Å². The molecule has 0 radical (unpaired) electrons. The Kier molecular flexibility index (Phi) is 12.7. The Morgan fingerprint density at radius 2 is 1.16 bits per heavy atom. The molecule has 3 heteroatoms. The van der Waals surface area contributed by atoms with Crippen molar-refractivity contribution in [2.75, 3.05) is 0 Å². The van der Waals surface area contributed by atoms with Crippen molar-refractivity contribution in [3.8, 4) is 0 Å². The molecule has 192 valence electrons. The molecule has 0 spiro atoms. The number of halogens is 2. The summed E-state index contributed by atoms with van der Waals surface area (Å²) in [5.41, 5.74) is 8.21. The van der Waals surface area contributed by atoms with Gasteiger partial charge in [-0.1, -0.05) is 36.4 Å². The van der Waals surface area contributed by atoms with Gasteiger partial charge in [-0.25, -0.2) is 12.2 Å². The molecule has 0 nitrogen and oxygen atoms in total. The molecule has 0 fully saturated rings. The molecule has 5 aromatic carbocycles. The summed E-state index contributed by atoms with van der Waals surface area (Å²) in [7, 11) is 0. The van der Waals surface area contributed by atoms with Crippen LogP contribution < -0.4 is 0 Å². The van der Waals surface area contributed by atoms with Crippen LogP contribution in [0.15, 0.2) is 109 Å². The van der Waals surface area contributed by atoms with Crippen LogP contribution in [-0.4, -0.2) is 3.21 Å². The molecule has 0 aromatic heterocycles. The Morgan fingerprint density at radius 3 is 1.53 bits per heavy atom. The third-order valence-electron chi connectivity index (χ3n) is 6.41. The molecule has 0 amide bonds. The van der Waals surface area contributed by atoms with Crippen LogP contribution in [0.1, 0.15) is 39.8 Å². The van der Waals surface area contributed by atoms with Crippen LogP contribution in [0.3, 0.4) is 0 Å². The van der Waals surface area contributed by atoms with E-state index in [1.165, 1.54) is 82.4 Å². The molecule has 0 unspecified atom stereocenters. The molecule has 38 heavy (non-hydrogen) atoms. The van der Waals surface area contributed by atoms with Gasteiger partial charge in [0.05, 0.1) is 0 Å². The Labute approximate surface area is 255 Å². The zero-order valence-electron chi connectivity index (χ0n) is 22.4. The van der Waals surface area contributed by atoms with E-state index in [9.17, 15) is 0 Å². The fourth-order valence-electron chi connectivity index (χ4n) is 4.58. The molecule has 5 aromatic rings. The normalized spacial score (nSPS) is 11.1. The first-order chi connectivity index (χ1) is 17.4. The molecule has 0 atom stereocenters. The van der Waals surface area contributed by atoms with Gasteiger partial charge in [0.2, 0.25) is 0 Å². The molecule has 0 aliphatic heterocycles. The average molecular weight is 617 g/mol. The van der Waals surface area contributed by atoms with Gasteiger partial charge in [-0.2, -0.15) is 6.08 Å². The van der Waals surface area contributed by atoms with Gasteiger partial charge in [-0.15, -0.1) is 71.0 Å². The zero-order valence-corrected chi connectivity index (χ0v) is 26.5. The number of aryl methyl sites for hydroxylation is 4. The topological polar surface area (TPSA) is 0 Å². The largest absolute Gasteiger partial charge is 0.273 e. The van der Waals surface area contributed by atoms with Crippen molar-refractivity contribution < 1.29 is 24.2 Å². The van der Waals surface area contributed by atoms with Crippen LogP contribution in [0.2, 0.25) is 0 Å². The predicted molar refractivity (Wildman–Crippen MR) is 168 cm³/mol. The number of hydrogen-bond acceptors (Lipinski definition) is 0. The molecule has 6 rings (SSSR count). The van der Waals surface area contributed by atoms with Gasteiger partial charge in [-0.05, 0) is 0 Å². The van der Waals surface area contributed by atoms with E-state index < -0.39 is 0 Å². The minimum absolute atomic E-state index is 0. The summed E-state index contributed by atoms with van der Waals surface area (Å²) in [5.74, 6) is 0. The van der Waals surface area contributed by atoms with Gasteiger partial charge in [0.1, 0.15) is 0 Å². The van der Waals surface area contributed by atoms with Crippen LogP contribution in [0.5, 0.6) is 0 Å². The Balaban J connectivity index is 0.000000221. The van der Waals surface area contributed by atoms with E-state index in [4.69, 9.17) is 0 Å².